The van der Waals surface area contributed by atoms with Gasteiger partial charge in [0.2, 0.25) is 11.8 Å². The summed E-state index contributed by atoms with van der Waals surface area (Å²) in [5, 5.41) is 0. The third-order valence-corrected chi connectivity index (χ3v) is 6.24. The van der Waals surface area contributed by atoms with E-state index in [1.54, 1.807) is 6.20 Å². The van der Waals surface area contributed by atoms with E-state index in [1.807, 2.05) is 41.0 Å². The summed E-state index contributed by atoms with van der Waals surface area (Å²) in [6.07, 6.45) is 6.07. The zero-order chi connectivity index (χ0) is 21.6. The first-order chi connectivity index (χ1) is 15.1. The average molecular weight is 425 g/mol. The minimum Gasteiger partial charge on any atom is -0.441 e. The van der Waals surface area contributed by atoms with Crippen molar-refractivity contribution >= 4 is 11.8 Å². The maximum Gasteiger partial charge on any atom is 0.236 e. The highest BCUT2D eigenvalue weighted by atomic mass is 16.4. The zero-order valence-corrected chi connectivity index (χ0v) is 18.4. The smallest absolute Gasteiger partial charge is 0.236 e. The van der Waals surface area contributed by atoms with Gasteiger partial charge in [0.1, 0.15) is 0 Å². The molecular weight excluding hydrogens is 392 g/mol. The summed E-state index contributed by atoms with van der Waals surface area (Å²) < 4.78 is 5.83. The number of likely N-dealkylation sites (tertiary alicyclic amines) is 1. The molecule has 166 valence electrons. The highest BCUT2D eigenvalue weighted by molar-refractivity contribution is 5.78. The van der Waals surface area contributed by atoms with Crippen LogP contribution in [0, 0.1) is 6.92 Å². The van der Waals surface area contributed by atoms with Gasteiger partial charge in [0, 0.05) is 57.7 Å². The number of carbonyl (C=O) groups excluding carboxylic acids is 2. The summed E-state index contributed by atoms with van der Waals surface area (Å²) >= 11 is 0. The van der Waals surface area contributed by atoms with Crippen LogP contribution in [0.15, 0.2) is 34.9 Å². The minimum absolute atomic E-state index is 0.122. The lowest BCUT2D eigenvalue weighted by Gasteiger charge is -2.36. The van der Waals surface area contributed by atoms with Crippen molar-refractivity contribution in [3.8, 4) is 11.3 Å². The van der Waals surface area contributed by atoms with Crippen LogP contribution < -0.4 is 0 Å². The van der Waals surface area contributed by atoms with Crippen molar-refractivity contribution in [2.75, 3.05) is 45.8 Å². The predicted octanol–water partition coefficient (Wildman–Crippen LogP) is 2.74. The molecule has 0 N–H and O–H groups in total. The second-order valence-corrected chi connectivity index (χ2v) is 8.58. The summed E-state index contributed by atoms with van der Waals surface area (Å²) in [4.78, 5) is 35.5. The van der Waals surface area contributed by atoms with Crippen LogP contribution in [0.4, 0.5) is 0 Å². The summed E-state index contributed by atoms with van der Waals surface area (Å²) in [5.74, 6) is 1.67. The number of piperazine rings is 1. The molecule has 2 fully saturated rings. The lowest BCUT2D eigenvalue weighted by Crippen LogP contribution is -2.52. The van der Waals surface area contributed by atoms with Gasteiger partial charge in [0.05, 0.1) is 12.7 Å². The highest BCUT2D eigenvalue weighted by Crippen LogP contribution is 2.21. The van der Waals surface area contributed by atoms with E-state index >= 15 is 0 Å². The first-order valence-electron chi connectivity index (χ1n) is 11.4. The lowest BCUT2D eigenvalue weighted by atomic mass is 10.1. The molecule has 2 amide bonds. The molecule has 31 heavy (non-hydrogen) atoms. The normalized spacial score (nSPS) is 17.7. The van der Waals surface area contributed by atoms with Crippen LogP contribution in [0.3, 0.4) is 0 Å². The number of amides is 2. The van der Waals surface area contributed by atoms with E-state index in [-0.39, 0.29) is 11.8 Å². The third-order valence-electron chi connectivity index (χ3n) is 6.24. The van der Waals surface area contributed by atoms with Gasteiger partial charge in [-0.2, -0.15) is 0 Å². The molecule has 2 aliphatic heterocycles. The Balaban J connectivity index is 1.20. The third kappa shape index (κ3) is 5.73. The second kappa shape index (κ2) is 10.1. The van der Waals surface area contributed by atoms with Crippen molar-refractivity contribution in [1.29, 1.82) is 0 Å². The molecule has 2 saturated heterocycles. The largest absolute Gasteiger partial charge is 0.441 e. The Hall–Kier alpha value is -2.67. The molecule has 0 spiro atoms. The Morgan fingerprint density at radius 1 is 0.903 bits per heavy atom. The maximum atomic E-state index is 12.6. The minimum atomic E-state index is 0.122. The van der Waals surface area contributed by atoms with Gasteiger partial charge >= 0.3 is 0 Å². The zero-order valence-electron chi connectivity index (χ0n) is 18.4. The van der Waals surface area contributed by atoms with E-state index < -0.39 is 0 Å². The number of oxazole rings is 1. The molecule has 7 heteroatoms. The first kappa shape index (κ1) is 21.6. The van der Waals surface area contributed by atoms with Crippen molar-refractivity contribution in [3.05, 3.63) is 41.9 Å². The van der Waals surface area contributed by atoms with Gasteiger partial charge in [-0.05, 0) is 26.2 Å². The van der Waals surface area contributed by atoms with Gasteiger partial charge in [-0.3, -0.25) is 14.5 Å². The van der Waals surface area contributed by atoms with Gasteiger partial charge in [-0.25, -0.2) is 4.98 Å². The number of hydrogen-bond acceptors (Lipinski definition) is 5. The van der Waals surface area contributed by atoms with Gasteiger partial charge in [-0.1, -0.05) is 29.8 Å². The Morgan fingerprint density at radius 2 is 1.58 bits per heavy atom. The Morgan fingerprint density at radius 3 is 2.29 bits per heavy atom. The fourth-order valence-electron chi connectivity index (χ4n) is 4.24. The molecule has 0 aliphatic carbocycles. The molecule has 2 aliphatic rings. The van der Waals surface area contributed by atoms with Crippen molar-refractivity contribution < 1.29 is 14.0 Å². The standard InChI is InChI=1S/C24H32N4O3/c1-19-5-7-20(8-6-19)21-17-25-22(31-21)9-10-23(29)28-15-13-26(14-16-28)18-24(30)27-11-3-2-4-12-27/h5-8,17H,2-4,9-16,18H2,1H3. The number of aryl methyl sites for hydroxylation is 2. The molecule has 1 aromatic carbocycles. The highest BCUT2D eigenvalue weighted by Gasteiger charge is 2.25. The quantitative estimate of drug-likeness (QED) is 0.713. The van der Waals surface area contributed by atoms with Gasteiger partial charge in [0.25, 0.3) is 0 Å². The van der Waals surface area contributed by atoms with Crippen LogP contribution in [0.2, 0.25) is 0 Å². The lowest BCUT2D eigenvalue weighted by molar-refractivity contribution is -0.135. The van der Waals surface area contributed by atoms with Crippen LogP contribution in [0.25, 0.3) is 11.3 Å². The fourth-order valence-corrected chi connectivity index (χ4v) is 4.24. The van der Waals surface area contributed by atoms with Crippen molar-refractivity contribution in [2.45, 2.75) is 39.0 Å². The molecule has 4 rings (SSSR count). The predicted molar refractivity (Wildman–Crippen MR) is 118 cm³/mol. The fraction of sp³-hybridized carbons (Fsp3) is 0.542. The number of rotatable bonds is 6. The molecule has 0 unspecified atom stereocenters. The van der Waals surface area contributed by atoms with Crippen LogP contribution >= 0.6 is 0 Å². The molecular formula is C24H32N4O3. The number of piperidine rings is 1. The van der Waals surface area contributed by atoms with E-state index in [9.17, 15) is 9.59 Å². The number of carbonyl (C=O) groups is 2. The summed E-state index contributed by atoms with van der Waals surface area (Å²) in [6, 6.07) is 8.11. The van der Waals surface area contributed by atoms with Gasteiger partial charge in [-0.15, -0.1) is 0 Å². The van der Waals surface area contributed by atoms with E-state index in [1.165, 1.54) is 12.0 Å². The summed E-state index contributed by atoms with van der Waals surface area (Å²) in [6.45, 7) is 7.16. The molecule has 7 nitrogen and oxygen atoms in total. The molecule has 0 saturated carbocycles. The first-order valence-corrected chi connectivity index (χ1v) is 11.4. The molecule has 1 aromatic heterocycles. The maximum absolute atomic E-state index is 12.6. The Labute approximate surface area is 184 Å². The molecule has 3 heterocycles. The van der Waals surface area contributed by atoms with Crippen LogP contribution in [-0.2, 0) is 16.0 Å². The second-order valence-electron chi connectivity index (χ2n) is 8.58. The Bertz CT molecular complexity index is 878. The van der Waals surface area contributed by atoms with Crippen molar-refractivity contribution in [1.82, 2.24) is 19.7 Å². The van der Waals surface area contributed by atoms with E-state index in [4.69, 9.17) is 4.42 Å². The number of nitrogens with zero attached hydrogens (tertiary/aromatic N) is 4. The van der Waals surface area contributed by atoms with E-state index in [0.717, 1.165) is 50.3 Å². The number of benzene rings is 1. The topological polar surface area (TPSA) is 69.9 Å². The van der Waals surface area contributed by atoms with Gasteiger partial charge in [0.15, 0.2) is 11.7 Å². The van der Waals surface area contributed by atoms with Gasteiger partial charge < -0.3 is 14.2 Å². The Kier molecular flexibility index (Phi) is 7.02. The average Bonchev–Trinajstić information content (AvgIpc) is 3.28. The summed E-state index contributed by atoms with van der Waals surface area (Å²) in [7, 11) is 0. The summed E-state index contributed by atoms with van der Waals surface area (Å²) in [5.41, 5.74) is 2.19. The molecule has 2 aromatic rings. The number of aromatic nitrogens is 1. The van der Waals surface area contributed by atoms with E-state index in [0.29, 0.717) is 38.4 Å². The molecule has 0 atom stereocenters. The number of hydrogen-bond donors (Lipinski definition) is 0. The van der Waals surface area contributed by atoms with E-state index in [2.05, 4.69) is 9.88 Å². The van der Waals surface area contributed by atoms with Crippen LogP contribution in [0.5, 0.6) is 0 Å². The van der Waals surface area contributed by atoms with Crippen LogP contribution in [-0.4, -0.2) is 77.3 Å². The monoisotopic (exact) mass is 424 g/mol. The van der Waals surface area contributed by atoms with Crippen molar-refractivity contribution in [3.63, 3.8) is 0 Å². The molecule has 0 bridgehead atoms. The van der Waals surface area contributed by atoms with Crippen LogP contribution in [0.1, 0.15) is 37.1 Å². The van der Waals surface area contributed by atoms with Crippen molar-refractivity contribution in [2.24, 2.45) is 0 Å². The SMILES string of the molecule is Cc1ccc(-c2cnc(CCC(=O)N3CCN(CC(=O)N4CCCCC4)CC3)o2)cc1. The molecule has 0 radical (unpaired) electrons.